The lowest BCUT2D eigenvalue weighted by atomic mass is 9.81. The first-order valence-electron chi connectivity index (χ1n) is 5.38. The lowest BCUT2D eigenvalue weighted by molar-refractivity contribution is 0.506. The summed E-state index contributed by atoms with van der Waals surface area (Å²) in [6.45, 7) is 11.1. The molecule has 1 rings (SSSR count). The first-order valence-corrected chi connectivity index (χ1v) is 5.38. The van der Waals surface area contributed by atoms with Crippen LogP contribution in [-0.2, 0) is 5.41 Å². The van der Waals surface area contributed by atoms with Gasteiger partial charge in [-0.05, 0) is 17.4 Å². The average molecular weight is 189 g/mol. The third-order valence-electron chi connectivity index (χ3n) is 3.13. The Kier molecular flexibility index (Phi) is 3.25. The Hall–Kier alpha value is -0.910. The van der Waals surface area contributed by atoms with Gasteiger partial charge in [0.1, 0.15) is 5.56 Å². The van der Waals surface area contributed by atoms with Crippen molar-refractivity contribution in [3.63, 3.8) is 0 Å². The van der Waals surface area contributed by atoms with E-state index in [1.165, 1.54) is 23.5 Å². The molecule has 0 radical (unpaired) electrons. The van der Waals surface area contributed by atoms with Crippen LogP contribution in [0.25, 0.3) is 0 Å². The molecule has 0 saturated carbocycles. The van der Waals surface area contributed by atoms with Gasteiger partial charge in [-0.15, -0.1) is 0 Å². The molecule has 1 aromatic rings. The van der Waals surface area contributed by atoms with Crippen LogP contribution in [0.3, 0.4) is 0 Å². The summed E-state index contributed by atoms with van der Waals surface area (Å²) in [6.07, 6.45) is 1.18. The summed E-state index contributed by atoms with van der Waals surface area (Å²) < 4.78 is 0. The molecule has 0 heteroatoms. The van der Waals surface area contributed by atoms with E-state index in [0.29, 0.717) is 5.41 Å². The highest BCUT2D eigenvalue weighted by Crippen LogP contribution is 2.27. The lowest BCUT2D eigenvalue weighted by Crippen LogP contribution is -2.15. The molecule has 0 bridgehead atoms. The van der Waals surface area contributed by atoms with Gasteiger partial charge in [0.15, 0.2) is 0 Å². The van der Waals surface area contributed by atoms with Gasteiger partial charge in [-0.2, -0.15) is 0 Å². The van der Waals surface area contributed by atoms with Crippen LogP contribution in [0.1, 0.15) is 52.2 Å². The largest absolute Gasteiger partial charge is 0.132 e. The molecule has 14 heavy (non-hydrogen) atoms. The first kappa shape index (κ1) is 11.2. The summed E-state index contributed by atoms with van der Waals surface area (Å²) in [6, 6.07) is 8.96. The van der Waals surface area contributed by atoms with E-state index in [-0.39, 0.29) is 0 Å². The number of benzene rings is 1. The van der Waals surface area contributed by atoms with Crippen LogP contribution in [0, 0.1) is 5.92 Å². The Balaban J connectivity index is 2.94. The van der Waals surface area contributed by atoms with Crippen LogP contribution in [0.2, 0.25) is 0 Å². The highest BCUT2D eigenvalue weighted by Gasteiger charge is 2.19. The SMILES string of the molecule is CCC(C)(C)c1ccc([C+](C)C)cc1. The molecular weight excluding hydrogens is 168 g/mol. The molecule has 0 atom stereocenters. The van der Waals surface area contributed by atoms with E-state index in [4.69, 9.17) is 0 Å². The number of hydrogen-bond donors (Lipinski definition) is 0. The van der Waals surface area contributed by atoms with Crippen molar-refractivity contribution in [1.29, 1.82) is 0 Å². The van der Waals surface area contributed by atoms with Gasteiger partial charge in [0, 0.05) is 44.0 Å². The molecule has 0 aromatic heterocycles. The predicted octanol–water partition coefficient (Wildman–Crippen LogP) is 4.34. The van der Waals surface area contributed by atoms with Crippen molar-refractivity contribution in [3.05, 3.63) is 41.3 Å². The topological polar surface area (TPSA) is 0 Å². The summed E-state index contributed by atoms with van der Waals surface area (Å²) in [5.74, 6) is 1.38. The molecule has 0 aliphatic rings. The highest BCUT2D eigenvalue weighted by atomic mass is 14.2. The quantitative estimate of drug-likeness (QED) is 0.621. The molecule has 0 saturated heterocycles. The Morgan fingerprint density at radius 2 is 1.57 bits per heavy atom. The number of rotatable bonds is 3. The first-order chi connectivity index (χ1) is 6.47. The third kappa shape index (κ3) is 2.31. The second-order valence-corrected chi connectivity index (χ2v) is 4.81. The molecule has 0 unspecified atom stereocenters. The highest BCUT2D eigenvalue weighted by molar-refractivity contribution is 5.34. The molecule has 1 aromatic carbocycles. The third-order valence-corrected chi connectivity index (χ3v) is 3.13. The van der Waals surface area contributed by atoms with E-state index in [2.05, 4.69) is 58.9 Å². The maximum Gasteiger partial charge on any atom is 0.132 e. The number of hydrogen-bond acceptors (Lipinski definition) is 0. The summed E-state index contributed by atoms with van der Waals surface area (Å²) in [7, 11) is 0. The maximum atomic E-state index is 2.30. The molecule has 0 N–H and O–H groups in total. The summed E-state index contributed by atoms with van der Waals surface area (Å²) in [4.78, 5) is 0. The van der Waals surface area contributed by atoms with Crippen LogP contribution in [-0.4, -0.2) is 0 Å². The minimum Gasteiger partial charge on any atom is -0.0646 e. The fourth-order valence-electron chi connectivity index (χ4n) is 1.46. The average Bonchev–Trinajstić information content (AvgIpc) is 2.18. The van der Waals surface area contributed by atoms with Crippen molar-refractivity contribution in [2.75, 3.05) is 0 Å². The molecule has 0 nitrogen and oxygen atoms in total. The van der Waals surface area contributed by atoms with Gasteiger partial charge in [-0.3, -0.25) is 0 Å². The molecule has 76 valence electrons. The molecular formula is C14H21+. The predicted molar refractivity (Wildman–Crippen MR) is 63.5 cm³/mol. The second-order valence-electron chi connectivity index (χ2n) is 4.81. The Bertz CT molecular complexity index is 277. The van der Waals surface area contributed by atoms with E-state index in [1.54, 1.807) is 0 Å². The Labute approximate surface area is 88.4 Å². The Morgan fingerprint density at radius 1 is 1.07 bits per heavy atom. The van der Waals surface area contributed by atoms with Gasteiger partial charge in [0.2, 0.25) is 0 Å². The maximum absolute atomic E-state index is 2.30. The van der Waals surface area contributed by atoms with Crippen molar-refractivity contribution in [2.45, 2.75) is 46.5 Å². The van der Waals surface area contributed by atoms with Crippen molar-refractivity contribution in [3.8, 4) is 0 Å². The van der Waals surface area contributed by atoms with Crippen molar-refractivity contribution in [1.82, 2.24) is 0 Å². The molecule has 0 amide bonds. The van der Waals surface area contributed by atoms with Crippen LogP contribution in [0.5, 0.6) is 0 Å². The van der Waals surface area contributed by atoms with Gasteiger partial charge in [-0.1, -0.05) is 20.8 Å². The molecule has 0 fully saturated rings. The summed E-state index contributed by atoms with van der Waals surface area (Å²) in [5, 5.41) is 0. The van der Waals surface area contributed by atoms with Gasteiger partial charge < -0.3 is 0 Å². The summed E-state index contributed by atoms with van der Waals surface area (Å²) >= 11 is 0. The smallest absolute Gasteiger partial charge is 0.0646 e. The van der Waals surface area contributed by atoms with Crippen LogP contribution in [0.15, 0.2) is 24.3 Å². The van der Waals surface area contributed by atoms with E-state index in [0.717, 1.165) is 0 Å². The summed E-state index contributed by atoms with van der Waals surface area (Å²) in [5.41, 5.74) is 3.09. The van der Waals surface area contributed by atoms with Gasteiger partial charge in [-0.25, -0.2) is 0 Å². The van der Waals surface area contributed by atoms with Gasteiger partial charge in [0.05, 0.1) is 0 Å². The molecule has 0 aliphatic heterocycles. The minimum atomic E-state index is 0.306. The lowest BCUT2D eigenvalue weighted by Gasteiger charge is -2.21. The van der Waals surface area contributed by atoms with Gasteiger partial charge in [0.25, 0.3) is 0 Å². The van der Waals surface area contributed by atoms with E-state index < -0.39 is 0 Å². The van der Waals surface area contributed by atoms with E-state index >= 15 is 0 Å². The van der Waals surface area contributed by atoms with Gasteiger partial charge >= 0.3 is 0 Å². The van der Waals surface area contributed by atoms with Crippen LogP contribution in [0.4, 0.5) is 0 Å². The van der Waals surface area contributed by atoms with E-state index in [1.807, 2.05) is 0 Å². The van der Waals surface area contributed by atoms with Crippen molar-refractivity contribution >= 4 is 0 Å². The van der Waals surface area contributed by atoms with Crippen LogP contribution >= 0.6 is 0 Å². The van der Waals surface area contributed by atoms with Crippen molar-refractivity contribution < 1.29 is 0 Å². The molecule has 0 heterocycles. The van der Waals surface area contributed by atoms with E-state index in [9.17, 15) is 0 Å². The zero-order chi connectivity index (χ0) is 10.8. The van der Waals surface area contributed by atoms with Crippen molar-refractivity contribution in [2.24, 2.45) is 0 Å². The fraction of sp³-hybridized carbons (Fsp3) is 0.500. The molecule has 0 spiro atoms. The normalized spacial score (nSPS) is 11.5. The fourth-order valence-corrected chi connectivity index (χ4v) is 1.46. The molecule has 0 aliphatic carbocycles. The Morgan fingerprint density at radius 3 is 1.93 bits per heavy atom. The van der Waals surface area contributed by atoms with Crippen LogP contribution < -0.4 is 0 Å². The minimum absolute atomic E-state index is 0.306. The zero-order valence-corrected chi connectivity index (χ0v) is 10.0. The standard InChI is InChI=1S/C14H21/c1-6-14(4,5)13-9-7-12(8-10-13)11(2)3/h7-10H,6H2,1-5H3/q+1. The monoisotopic (exact) mass is 189 g/mol. The zero-order valence-electron chi connectivity index (χ0n) is 10.0. The second kappa shape index (κ2) is 4.08.